The number of ether oxygens (including phenoxy) is 1. The zero-order chi connectivity index (χ0) is 22.1. The third-order valence-corrected chi connectivity index (χ3v) is 7.37. The Labute approximate surface area is 173 Å². The first-order chi connectivity index (χ1) is 13.9. The van der Waals surface area contributed by atoms with E-state index in [0.717, 1.165) is 0 Å². The van der Waals surface area contributed by atoms with Crippen LogP contribution in [-0.2, 0) is 15.7 Å². The molecule has 1 heterocycles. The Kier molecular flexibility index (Phi) is 4.64. The summed E-state index contributed by atoms with van der Waals surface area (Å²) < 4.78 is 44.5. The van der Waals surface area contributed by atoms with Crippen LogP contribution in [0, 0.1) is 24.2 Å². The zero-order valence-electron chi connectivity index (χ0n) is 17.6. The quantitative estimate of drug-likeness (QED) is 0.795. The van der Waals surface area contributed by atoms with E-state index in [9.17, 15) is 22.8 Å². The monoisotopic (exact) mass is 424 g/mol. The Balaban J connectivity index is 1.38. The maximum atomic E-state index is 13.3. The molecule has 5 nitrogen and oxygen atoms in total. The first kappa shape index (κ1) is 21.0. The highest BCUT2D eigenvalue weighted by Crippen LogP contribution is 2.68. The van der Waals surface area contributed by atoms with E-state index < -0.39 is 23.4 Å². The van der Waals surface area contributed by atoms with Crippen molar-refractivity contribution in [3.63, 3.8) is 0 Å². The van der Waals surface area contributed by atoms with Gasteiger partial charge in [0.2, 0.25) is 5.91 Å². The molecule has 30 heavy (non-hydrogen) atoms. The molecule has 1 aromatic rings. The van der Waals surface area contributed by atoms with Crippen LogP contribution in [0.3, 0.4) is 0 Å². The van der Waals surface area contributed by atoms with E-state index in [1.807, 2.05) is 11.8 Å². The van der Waals surface area contributed by atoms with Gasteiger partial charge >= 0.3 is 12.3 Å². The first-order valence-electron chi connectivity index (χ1n) is 10.2. The van der Waals surface area contributed by atoms with Gasteiger partial charge in [-0.3, -0.25) is 4.79 Å². The summed E-state index contributed by atoms with van der Waals surface area (Å²) in [6, 6.07) is 4.62. The van der Waals surface area contributed by atoms with Crippen molar-refractivity contribution in [1.82, 2.24) is 10.2 Å². The van der Waals surface area contributed by atoms with Crippen LogP contribution in [0.15, 0.2) is 18.2 Å². The summed E-state index contributed by atoms with van der Waals surface area (Å²) in [4.78, 5) is 26.2. The van der Waals surface area contributed by atoms with Crippen molar-refractivity contribution in [1.29, 1.82) is 0 Å². The van der Waals surface area contributed by atoms with Crippen molar-refractivity contribution in [2.45, 2.75) is 51.2 Å². The molecule has 3 fully saturated rings. The number of alkyl carbamates (subject to hydrolysis) is 1. The third-order valence-electron chi connectivity index (χ3n) is 7.37. The highest BCUT2D eigenvalue weighted by molar-refractivity contribution is 5.81. The van der Waals surface area contributed by atoms with Crippen LogP contribution in [0.1, 0.15) is 49.3 Å². The Morgan fingerprint density at radius 2 is 1.90 bits per heavy atom. The Bertz CT molecular complexity index is 894. The molecule has 2 saturated carbocycles. The van der Waals surface area contributed by atoms with Gasteiger partial charge in [0.15, 0.2) is 0 Å². The van der Waals surface area contributed by atoms with E-state index in [1.54, 1.807) is 12.1 Å². The average molecular weight is 424 g/mol. The second kappa shape index (κ2) is 6.62. The summed E-state index contributed by atoms with van der Waals surface area (Å²) in [6.07, 6.45) is -3.73. The molecule has 0 bridgehead atoms. The molecule has 2 amide bonds. The molecule has 164 valence electrons. The minimum Gasteiger partial charge on any atom is -0.453 e. The van der Waals surface area contributed by atoms with Crippen molar-refractivity contribution in [3.8, 4) is 0 Å². The lowest BCUT2D eigenvalue weighted by atomic mass is 9.69. The van der Waals surface area contributed by atoms with Gasteiger partial charge in [0, 0.05) is 24.5 Å². The molecule has 0 aromatic heterocycles. The zero-order valence-corrected chi connectivity index (χ0v) is 17.6. The normalized spacial score (nSPS) is 34.8. The molecule has 1 saturated heterocycles. The van der Waals surface area contributed by atoms with E-state index in [4.69, 9.17) is 0 Å². The topological polar surface area (TPSA) is 58.6 Å². The molecule has 8 heteroatoms. The number of hydrogen-bond donors (Lipinski definition) is 1. The number of nitrogens with one attached hydrogen (secondary N) is 1. The van der Waals surface area contributed by atoms with Crippen molar-refractivity contribution < 1.29 is 27.5 Å². The molecular weight excluding hydrogens is 397 g/mol. The summed E-state index contributed by atoms with van der Waals surface area (Å²) in [7, 11) is 1.30. The number of alkyl halides is 3. The van der Waals surface area contributed by atoms with E-state index in [1.165, 1.54) is 20.1 Å². The van der Waals surface area contributed by atoms with Gasteiger partial charge in [-0.25, -0.2) is 4.79 Å². The van der Waals surface area contributed by atoms with Gasteiger partial charge in [-0.05, 0) is 61.1 Å². The third kappa shape index (κ3) is 3.34. The highest BCUT2D eigenvalue weighted by Gasteiger charge is 2.67. The molecule has 0 radical (unpaired) electrons. The van der Waals surface area contributed by atoms with Crippen LogP contribution in [0.25, 0.3) is 0 Å². The number of benzene rings is 1. The lowest BCUT2D eigenvalue weighted by Gasteiger charge is -2.45. The van der Waals surface area contributed by atoms with Crippen LogP contribution >= 0.6 is 0 Å². The number of fused-ring (bicyclic) bond motifs is 1. The van der Waals surface area contributed by atoms with Crippen molar-refractivity contribution in [2.75, 3.05) is 20.2 Å². The van der Waals surface area contributed by atoms with Gasteiger partial charge in [-0.15, -0.1) is 0 Å². The second-order valence-electron chi connectivity index (χ2n) is 9.66. The SMILES string of the molecule is COC(=O)N[C@]1(C)C[C@H](C(=O)N2C[C@H]3[C@H](c4ccc(C)c(C(F)(F)F)c4)[C@@]3(C)C2)C1. The number of nitrogens with zero attached hydrogens (tertiary/aromatic N) is 1. The lowest BCUT2D eigenvalue weighted by molar-refractivity contribution is -0.140. The van der Waals surface area contributed by atoms with Crippen LogP contribution in [-0.4, -0.2) is 42.6 Å². The van der Waals surface area contributed by atoms with Gasteiger partial charge in [-0.1, -0.05) is 19.1 Å². The Morgan fingerprint density at radius 1 is 1.23 bits per heavy atom. The fraction of sp³-hybridized carbons (Fsp3) is 0.636. The van der Waals surface area contributed by atoms with Crippen LogP contribution in [0.4, 0.5) is 18.0 Å². The standard InChI is InChI=1S/C22H27F3N2O3/c1-12-5-6-13(7-15(12)22(23,24)25)17-16-10-27(11-21(16,17)3)18(28)14-8-20(2,9-14)26-19(29)30-4/h5-7,14,16-17H,8-11H2,1-4H3,(H,26,29)/t14-,16-,17-,20+,21-/m0/s1. The molecule has 4 rings (SSSR count). The lowest BCUT2D eigenvalue weighted by Crippen LogP contribution is -2.58. The van der Waals surface area contributed by atoms with E-state index in [0.29, 0.717) is 31.5 Å². The summed E-state index contributed by atoms with van der Waals surface area (Å²) in [5, 5.41) is 2.77. The average Bonchev–Trinajstić information content (AvgIpc) is 3.03. The van der Waals surface area contributed by atoms with Crippen molar-refractivity contribution in [3.05, 3.63) is 34.9 Å². The minimum absolute atomic E-state index is 0.0518. The fourth-order valence-electron chi connectivity index (χ4n) is 5.68. The smallest absolute Gasteiger partial charge is 0.416 e. The van der Waals surface area contributed by atoms with E-state index in [2.05, 4.69) is 17.0 Å². The molecule has 0 spiro atoms. The number of hydrogen-bond acceptors (Lipinski definition) is 3. The van der Waals surface area contributed by atoms with Crippen molar-refractivity contribution >= 4 is 12.0 Å². The van der Waals surface area contributed by atoms with Gasteiger partial charge in [-0.2, -0.15) is 13.2 Å². The number of likely N-dealkylation sites (tertiary alicyclic amines) is 1. The van der Waals surface area contributed by atoms with E-state index >= 15 is 0 Å². The molecule has 1 N–H and O–H groups in total. The van der Waals surface area contributed by atoms with Crippen LogP contribution in [0.2, 0.25) is 0 Å². The maximum absolute atomic E-state index is 13.3. The molecular formula is C22H27F3N2O3. The van der Waals surface area contributed by atoms with Gasteiger partial charge < -0.3 is 15.0 Å². The predicted molar refractivity (Wildman–Crippen MR) is 104 cm³/mol. The number of rotatable bonds is 3. The molecule has 2 aliphatic carbocycles. The summed E-state index contributed by atoms with van der Waals surface area (Å²) in [6.45, 7) is 6.57. The number of amides is 2. The number of piperidine rings is 1. The number of methoxy groups -OCH3 is 1. The number of carbonyl (C=O) groups excluding carboxylic acids is 2. The Hall–Kier alpha value is -2.25. The van der Waals surface area contributed by atoms with Crippen LogP contribution < -0.4 is 5.32 Å². The molecule has 1 aliphatic heterocycles. The van der Waals surface area contributed by atoms with Gasteiger partial charge in [0.1, 0.15) is 0 Å². The molecule has 1 aromatic carbocycles. The van der Waals surface area contributed by atoms with Crippen molar-refractivity contribution in [2.24, 2.45) is 17.3 Å². The summed E-state index contributed by atoms with van der Waals surface area (Å²) in [5.74, 6) is 0.176. The highest BCUT2D eigenvalue weighted by atomic mass is 19.4. The van der Waals surface area contributed by atoms with E-state index in [-0.39, 0.29) is 34.6 Å². The predicted octanol–water partition coefficient (Wildman–Crippen LogP) is 4.10. The fourth-order valence-corrected chi connectivity index (χ4v) is 5.68. The number of carbonyl (C=O) groups is 2. The molecule has 3 atom stereocenters. The summed E-state index contributed by atoms with van der Waals surface area (Å²) >= 11 is 0. The maximum Gasteiger partial charge on any atom is 0.416 e. The van der Waals surface area contributed by atoms with Gasteiger partial charge in [0.25, 0.3) is 0 Å². The summed E-state index contributed by atoms with van der Waals surface area (Å²) in [5.41, 5.74) is -0.240. The van der Waals surface area contributed by atoms with Crippen LogP contribution in [0.5, 0.6) is 0 Å². The first-order valence-corrected chi connectivity index (χ1v) is 10.2. The van der Waals surface area contributed by atoms with Gasteiger partial charge in [0.05, 0.1) is 12.7 Å². The minimum atomic E-state index is -4.36. The second-order valence-corrected chi connectivity index (χ2v) is 9.66. The number of halogens is 3. The largest absolute Gasteiger partial charge is 0.453 e. The molecule has 0 unspecified atom stereocenters. The number of aryl methyl sites for hydroxylation is 1. The molecule has 3 aliphatic rings. The Morgan fingerprint density at radius 3 is 2.43 bits per heavy atom.